The number of nitrogens with zero attached hydrogens (tertiary/aromatic N) is 3. The Kier molecular flexibility index (Phi) is 6.48. The van der Waals surface area contributed by atoms with Gasteiger partial charge in [-0.05, 0) is 56.7 Å². The van der Waals surface area contributed by atoms with Gasteiger partial charge in [-0.3, -0.25) is 9.59 Å². The number of benzene rings is 2. The zero-order valence-electron chi connectivity index (χ0n) is 19.7. The monoisotopic (exact) mass is 456 g/mol. The van der Waals surface area contributed by atoms with Crippen molar-refractivity contribution in [2.75, 3.05) is 6.54 Å². The Morgan fingerprint density at radius 2 is 1.88 bits per heavy atom. The molecule has 0 radical (unpaired) electrons. The first-order valence-corrected chi connectivity index (χ1v) is 12.4. The van der Waals surface area contributed by atoms with Crippen LogP contribution in [-0.2, 0) is 16.1 Å². The molecule has 6 nitrogen and oxygen atoms in total. The summed E-state index contributed by atoms with van der Waals surface area (Å²) in [4.78, 5) is 33.5. The molecule has 2 atom stereocenters. The van der Waals surface area contributed by atoms with Crippen LogP contribution in [0.25, 0.3) is 11.0 Å². The summed E-state index contributed by atoms with van der Waals surface area (Å²) in [5.41, 5.74) is 4.26. The molecule has 0 saturated carbocycles. The van der Waals surface area contributed by atoms with Crippen LogP contribution in [0.3, 0.4) is 0 Å². The fourth-order valence-electron chi connectivity index (χ4n) is 5.23. The first kappa shape index (κ1) is 22.4. The summed E-state index contributed by atoms with van der Waals surface area (Å²) in [5.74, 6) is 0.715. The van der Waals surface area contributed by atoms with Gasteiger partial charge >= 0.3 is 0 Å². The molecule has 2 heterocycles. The highest BCUT2D eigenvalue weighted by Crippen LogP contribution is 2.37. The van der Waals surface area contributed by atoms with E-state index in [2.05, 4.69) is 11.4 Å². The third kappa shape index (κ3) is 4.49. The summed E-state index contributed by atoms with van der Waals surface area (Å²) in [5, 5.41) is 3.06. The Balaban J connectivity index is 1.39. The van der Waals surface area contributed by atoms with Crippen LogP contribution in [0.2, 0.25) is 0 Å². The van der Waals surface area contributed by atoms with Crippen LogP contribution in [0, 0.1) is 0 Å². The highest BCUT2D eigenvalue weighted by Gasteiger charge is 2.40. The average Bonchev–Trinajstić information content (AvgIpc) is 3.25. The number of amides is 2. The van der Waals surface area contributed by atoms with Crippen molar-refractivity contribution in [3.05, 3.63) is 77.6 Å². The van der Waals surface area contributed by atoms with Gasteiger partial charge in [-0.25, -0.2) is 4.98 Å². The fourth-order valence-corrected chi connectivity index (χ4v) is 5.23. The average molecular weight is 457 g/mol. The number of hydrogen-bond acceptors (Lipinski definition) is 3. The molecule has 0 fully saturated rings. The molecule has 34 heavy (non-hydrogen) atoms. The van der Waals surface area contributed by atoms with Gasteiger partial charge in [0.25, 0.3) is 0 Å². The zero-order chi connectivity index (χ0) is 23.5. The molecule has 0 saturated heterocycles. The van der Waals surface area contributed by atoms with Crippen molar-refractivity contribution >= 4 is 22.8 Å². The van der Waals surface area contributed by atoms with Gasteiger partial charge in [0.05, 0.1) is 23.5 Å². The molecule has 0 spiro atoms. The highest BCUT2D eigenvalue weighted by atomic mass is 16.2. The van der Waals surface area contributed by atoms with E-state index in [9.17, 15) is 9.59 Å². The van der Waals surface area contributed by atoms with Crippen LogP contribution in [0.4, 0.5) is 0 Å². The Morgan fingerprint density at radius 1 is 1.09 bits per heavy atom. The highest BCUT2D eigenvalue weighted by molar-refractivity contribution is 5.90. The number of fused-ring (bicyclic) bond motifs is 3. The molecular weight excluding hydrogens is 424 g/mol. The first-order chi connectivity index (χ1) is 16.6. The third-order valence-corrected chi connectivity index (χ3v) is 7.07. The molecule has 3 aromatic rings. The fraction of sp³-hybridized carbons (Fsp3) is 0.393. The van der Waals surface area contributed by atoms with E-state index in [4.69, 9.17) is 4.98 Å². The van der Waals surface area contributed by atoms with Crippen molar-refractivity contribution in [2.45, 2.75) is 64.1 Å². The molecular formula is C28H32N4O2. The first-order valence-electron chi connectivity index (χ1n) is 12.4. The molecule has 6 heteroatoms. The van der Waals surface area contributed by atoms with Crippen LogP contribution in [0.5, 0.6) is 0 Å². The Labute approximate surface area is 200 Å². The topological polar surface area (TPSA) is 67.2 Å². The second kappa shape index (κ2) is 9.84. The van der Waals surface area contributed by atoms with E-state index < -0.39 is 6.04 Å². The molecule has 5 rings (SSSR count). The van der Waals surface area contributed by atoms with E-state index in [1.165, 1.54) is 18.4 Å². The standard InChI is InChI=1S/C28H32N4O2/c1-20-27-30-23-14-8-9-15-24(23)32(27)25(28(34)31(20)19-22-12-6-3-7-13-22)18-26(33)29-17-16-21-10-4-2-5-11-21/h3,6-10,12-15,20,25H,2,4-5,11,16-19H2,1H3,(H,29,33)/t20-,25+/m1/s1. The summed E-state index contributed by atoms with van der Waals surface area (Å²) in [6.45, 7) is 3.14. The summed E-state index contributed by atoms with van der Waals surface area (Å²) >= 11 is 0. The van der Waals surface area contributed by atoms with E-state index in [-0.39, 0.29) is 24.3 Å². The van der Waals surface area contributed by atoms with Crippen molar-refractivity contribution in [1.29, 1.82) is 0 Å². The molecule has 0 unspecified atom stereocenters. The number of allylic oxidation sites excluding steroid dienone is 1. The lowest BCUT2D eigenvalue weighted by Gasteiger charge is -2.38. The second-order valence-electron chi connectivity index (χ2n) is 9.38. The molecule has 0 bridgehead atoms. The summed E-state index contributed by atoms with van der Waals surface area (Å²) < 4.78 is 1.99. The number of carbonyl (C=O) groups is 2. The van der Waals surface area contributed by atoms with Crippen LogP contribution >= 0.6 is 0 Å². The van der Waals surface area contributed by atoms with E-state index in [1.807, 2.05) is 71.0 Å². The van der Waals surface area contributed by atoms with Gasteiger partial charge < -0.3 is 14.8 Å². The lowest BCUT2D eigenvalue weighted by Crippen LogP contribution is -2.46. The zero-order valence-corrected chi connectivity index (χ0v) is 19.7. The summed E-state index contributed by atoms with van der Waals surface area (Å²) in [6, 6.07) is 17.1. The van der Waals surface area contributed by atoms with E-state index >= 15 is 0 Å². The van der Waals surface area contributed by atoms with Gasteiger partial charge in [0.1, 0.15) is 11.9 Å². The number of hydrogen-bond donors (Lipinski definition) is 1. The summed E-state index contributed by atoms with van der Waals surface area (Å²) in [7, 11) is 0. The molecule has 1 aliphatic heterocycles. The maximum absolute atomic E-state index is 13.8. The molecule has 1 N–H and O–H groups in total. The number of nitrogens with one attached hydrogen (secondary N) is 1. The molecule has 2 aliphatic rings. The minimum atomic E-state index is -0.601. The predicted molar refractivity (Wildman–Crippen MR) is 133 cm³/mol. The van der Waals surface area contributed by atoms with E-state index in [0.29, 0.717) is 13.1 Å². The number of carbonyl (C=O) groups excluding carboxylic acids is 2. The van der Waals surface area contributed by atoms with Gasteiger partial charge in [-0.2, -0.15) is 0 Å². The van der Waals surface area contributed by atoms with Crippen molar-refractivity contribution in [1.82, 2.24) is 19.8 Å². The van der Waals surface area contributed by atoms with Gasteiger partial charge in [0, 0.05) is 13.1 Å². The summed E-state index contributed by atoms with van der Waals surface area (Å²) in [6.07, 6.45) is 8.09. The molecule has 1 aliphatic carbocycles. The maximum Gasteiger partial charge on any atom is 0.247 e. The molecule has 1 aromatic heterocycles. The predicted octanol–water partition coefficient (Wildman–Crippen LogP) is 5.08. The van der Waals surface area contributed by atoms with Crippen LogP contribution in [0.15, 0.2) is 66.2 Å². The number of imidazole rings is 1. The normalized spacial score (nSPS) is 20.2. The lowest BCUT2D eigenvalue weighted by molar-refractivity contribution is -0.142. The van der Waals surface area contributed by atoms with Crippen molar-refractivity contribution in [2.24, 2.45) is 0 Å². The third-order valence-electron chi connectivity index (χ3n) is 7.07. The second-order valence-corrected chi connectivity index (χ2v) is 9.38. The Morgan fingerprint density at radius 3 is 2.68 bits per heavy atom. The van der Waals surface area contributed by atoms with E-state index in [0.717, 1.165) is 41.7 Å². The smallest absolute Gasteiger partial charge is 0.247 e. The number of para-hydroxylation sites is 2. The number of aromatic nitrogens is 2. The van der Waals surface area contributed by atoms with Crippen LogP contribution in [0.1, 0.15) is 68.9 Å². The quantitative estimate of drug-likeness (QED) is 0.504. The minimum Gasteiger partial charge on any atom is -0.356 e. The number of rotatable bonds is 7. The van der Waals surface area contributed by atoms with Crippen LogP contribution in [-0.4, -0.2) is 32.8 Å². The van der Waals surface area contributed by atoms with E-state index in [1.54, 1.807) is 0 Å². The SMILES string of the molecule is C[C@@H]1c2nc3ccccc3n2[C@@H](CC(=O)NCCC2=CCCCC2)C(=O)N1Cc1ccccc1. The van der Waals surface area contributed by atoms with Gasteiger partial charge in [0.2, 0.25) is 11.8 Å². The Hall–Kier alpha value is -3.41. The van der Waals surface area contributed by atoms with Crippen molar-refractivity contribution in [3.8, 4) is 0 Å². The molecule has 2 amide bonds. The van der Waals surface area contributed by atoms with Gasteiger partial charge in [-0.15, -0.1) is 0 Å². The van der Waals surface area contributed by atoms with Crippen molar-refractivity contribution < 1.29 is 9.59 Å². The molecule has 176 valence electrons. The largest absolute Gasteiger partial charge is 0.356 e. The lowest BCUT2D eigenvalue weighted by atomic mass is 9.97. The van der Waals surface area contributed by atoms with Crippen LogP contribution < -0.4 is 5.32 Å². The van der Waals surface area contributed by atoms with Gasteiger partial charge in [0.15, 0.2) is 0 Å². The van der Waals surface area contributed by atoms with Crippen molar-refractivity contribution in [3.63, 3.8) is 0 Å². The Bertz CT molecular complexity index is 1210. The maximum atomic E-state index is 13.8. The van der Waals surface area contributed by atoms with Gasteiger partial charge in [-0.1, -0.05) is 54.1 Å². The molecule has 2 aromatic carbocycles. The minimum absolute atomic E-state index is 0.0304.